The van der Waals surface area contributed by atoms with Gasteiger partial charge in [0, 0.05) is 0 Å². The Hall–Kier alpha value is -2.08. The Labute approximate surface area is 124 Å². The fourth-order valence-electron chi connectivity index (χ4n) is 2.05. The number of aliphatic hydroxyl groups excluding tert-OH is 1. The smallest absolute Gasteiger partial charge is 0.312 e. The van der Waals surface area contributed by atoms with Gasteiger partial charge >= 0.3 is 6.03 Å². The van der Waals surface area contributed by atoms with Gasteiger partial charge in [0.25, 0.3) is 0 Å². The summed E-state index contributed by atoms with van der Waals surface area (Å²) in [6.07, 6.45) is 0. The van der Waals surface area contributed by atoms with Gasteiger partial charge < -0.3 is 21.5 Å². The molecule has 0 radical (unpaired) electrons. The third-order valence-electron chi connectivity index (χ3n) is 3.37. The average molecular weight is 293 g/mol. The molecule has 0 aliphatic carbocycles. The molecular weight excluding hydrogens is 270 g/mol. The molecule has 1 aromatic carbocycles. The summed E-state index contributed by atoms with van der Waals surface area (Å²) in [4.78, 5) is 23.4. The molecule has 0 aliphatic heterocycles. The van der Waals surface area contributed by atoms with Crippen LogP contribution < -0.4 is 16.4 Å². The lowest BCUT2D eigenvalue weighted by molar-refractivity contribution is -0.126. The summed E-state index contributed by atoms with van der Waals surface area (Å²) in [5, 5.41) is 14.9. The van der Waals surface area contributed by atoms with Crippen LogP contribution in [-0.2, 0) is 10.3 Å². The molecule has 5 N–H and O–H groups in total. The number of hydrogen-bond acceptors (Lipinski definition) is 3. The fourth-order valence-corrected chi connectivity index (χ4v) is 2.05. The number of carbonyl (C=O) groups is 2. The molecule has 2 atom stereocenters. The number of carbonyl (C=O) groups excluding carboxylic acids is 2. The van der Waals surface area contributed by atoms with E-state index in [1.165, 1.54) is 0 Å². The van der Waals surface area contributed by atoms with E-state index in [4.69, 9.17) is 5.73 Å². The highest BCUT2D eigenvalue weighted by Crippen LogP contribution is 2.20. The molecule has 0 fully saturated rings. The summed E-state index contributed by atoms with van der Waals surface area (Å²) in [6, 6.07) is 7.65. The monoisotopic (exact) mass is 293 g/mol. The molecule has 2 unspecified atom stereocenters. The Kier molecular flexibility index (Phi) is 5.72. The van der Waals surface area contributed by atoms with Gasteiger partial charge in [0.15, 0.2) is 0 Å². The Balaban J connectivity index is 2.94. The van der Waals surface area contributed by atoms with E-state index in [1.807, 2.05) is 30.3 Å². The SMILES string of the molecule is CC(C)C(NC(N)=O)C(=O)NC(C)(CO)c1ccccc1. The number of aliphatic hydroxyl groups is 1. The van der Waals surface area contributed by atoms with Crippen LogP contribution in [-0.4, -0.2) is 29.7 Å². The van der Waals surface area contributed by atoms with Crippen molar-refractivity contribution in [1.29, 1.82) is 0 Å². The van der Waals surface area contributed by atoms with Gasteiger partial charge in [0.2, 0.25) is 5.91 Å². The molecule has 6 heteroatoms. The molecule has 21 heavy (non-hydrogen) atoms. The topological polar surface area (TPSA) is 104 Å². The third kappa shape index (κ3) is 4.46. The van der Waals surface area contributed by atoms with E-state index >= 15 is 0 Å². The van der Waals surface area contributed by atoms with Crippen LogP contribution in [0.5, 0.6) is 0 Å². The number of rotatable bonds is 6. The standard InChI is InChI=1S/C15H23N3O3/c1-10(2)12(17-14(16)21)13(20)18-15(3,9-19)11-7-5-4-6-8-11/h4-8,10,12,19H,9H2,1-3H3,(H,18,20)(H3,16,17,21). The van der Waals surface area contributed by atoms with Crippen molar-refractivity contribution in [2.75, 3.05) is 6.61 Å². The quantitative estimate of drug-likeness (QED) is 0.620. The maximum atomic E-state index is 12.4. The Morgan fingerprint density at radius 2 is 1.86 bits per heavy atom. The maximum Gasteiger partial charge on any atom is 0.312 e. The van der Waals surface area contributed by atoms with Gasteiger partial charge in [-0.1, -0.05) is 44.2 Å². The van der Waals surface area contributed by atoms with E-state index in [2.05, 4.69) is 10.6 Å². The first kappa shape index (κ1) is 17.0. The van der Waals surface area contributed by atoms with Crippen LogP contribution in [0, 0.1) is 5.92 Å². The molecule has 0 aromatic heterocycles. The molecule has 1 rings (SSSR count). The van der Waals surface area contributed by atoms with Crippen molar-refractivity contribution >= 4 is 11.9 Å². The number of amides is 3. The Morgan fingerprint density at radius 1 is 1.29 bits per heavy atom. The van der Waals surface area contributed by atoms with Crippen LogP contribution in [0.4, 0.5) is 4.79 Å². The summed E-state index contributed by atoms with van der Waals surface area (Å²) in [6.45, 7) is 5.07. The summed E-state index contributed by atoms with van der Waals surface area (Å²) in [5.41, 5.74) is 4.95. The van der Waals surface area contributed by atoms with Gasteiger partial charge in [-0.05, 0) is 18.4 Å². The van der Waals surface area contributed by atoms with Crippen molar-refractivity contribution in [3.8, 4) is 0 Å². The van der Waals surface area contributed by atoms with Crippen LogP contribution in [0.2, 0.25) is 0 Å². The highest BCUT2D eigenvalue weighted by molar-refractivity contribution is 5.87. The molecule has 0 spiro atoms. The molecule has 116 valence electrons. The second kappa shape index (κ2) is 7.08. The van der Waals surface area contributed by atoms with Gasteiger partial charge in [-0.25, -0.2) is 4.79 Å². The molecule has 0 heterocycles. The minimum absolute atomic E-state index is 0.129. The summed E-state index contributed by atoms with van der Waals surface area (Å²) in [5.74, 6) is -0.514. The van der Waals surface area contributed by atoms with Gasteiger partial charge in [0.05, 0.1) is 12.1 Å². The van der Waals surface area contributed by atoms with Crippen molar-refractivity contribution in [1.82, 2.24) is 10.6 Å². The number of nitrogens with two attached hydrogens (primary N) is 1. The van der Waals surface area contributed by atoms with Gasteiger partial charge in [-0.15, -0.1) is 0 Å². The molecule has 1 aromatic rings. The molecule has 0 saturated heterocycles. The fraction of sp³-hybridized carbons (Fsp3) is 0.467. The van der Waals surface area contributed by atoms with Crippen molar-refractivity contribution in [2.24, 2.45) is 11.7 Å². The van der Waals surface area contributed by atoms with Crippen molar-refractivity contribution in [3.63, 3.8) is 0 Å². The van der Waals surface area contributed by atoms with Crippen molar-refractivity contribution in [2.45, 2.75) is 32.4 Å². The van der Waals surface area contributed by atoms with Gasteiger partial charge in [-0.2, -0.15) is 0 Å². The highest BCUT2D eigenvalue weighted by Gasteiger charge is 2.32. The maximum absolute atomic E-state index is 12.4. The third-order valence-corrected chi connectivity index (χ3v) is 3.37. The average Bonchev–Trinajstić information content (AvgIpc) is 2.45. The largest absolute Gasteiger partial charge is 0.394 e. The molecule has 6 nitrogen and oxygen atoms in total. The highest BCUT2D eigenvalue weighted by atomic mass is 16.3. The van der Waals surface area contributed by atoms with Gasteiger partial charge in [0.1, 0.15) is 6.04 Å². The van der Waals surface area contributed by atoms with Gasteiger partial charge in [-0.3, -0.25) is 4.79 Å². The number of hydrogen-bond donors (Lipinski definition) is 4. The lowest BCUT2D eigenvalue weighted by Crippen LogP contribution is -2.56. The molecule has 0 bridgehead atoms. The zero-order valence-corrected chi connectivity index (χ0v) is 12.6. The second-order valence-corrected chi connectivity index (χ2v) is 5.58. The number of nitrogens with one attached hydrogen (secondary N) is 2. The van der Waals surface area contributed by atoms with E-state index in [1.54, 1.807) is 20.8 Å². The normalized spacial score (nSPS) is 15.1. The summed E-state index contributed by atoms with van der Waals surface area (Å²) in [7, 11) is 0. The van der Waals surface area contributed by atoms with E-state index < -0.39 is 17.6 Å². The first-order valence-corrected chi connectivity index (χ1v) is 6.84. The minimum Gasteiger partial charge on any atom is -0.394 e. The summed E-state index contributed by atoms with van der Waals surface area (Å²) < 4.78 is 0. The van der Waals surface area contributed by atoms with E-state index in [-0.39, 0.29) is 18.4 Å². The van der Waals surface area contributed by atoms with E-state index in [0.717, 1.165) is 5.56 Å². The Morgan fingerprint density at radius 3 is 2.29 bits per heavy atom. The van der Waals surface area contributed by atoms with Crippen LogP contribution in [0.1, 0.15) is 26.3 Å². The first-order chi connectivity index (χ1) is 9.80. The number of primary amides is 1. The molecular formula is C15H23N3O3. The first-order valence-electron chi connectivity index (χ1n) is 6.84. The molecule has 0 saturated carbocycles. The minimum atomic E-state index is -0.926. The van der Waals surface area contributed by atoms with Crippen LogP contribution in [0.25, 0.3) is 0 Å². The van der Waals surface area contributed by atoms with Crippen LogP contribution in [0.3, 0.4) is 0 Å². The second-order valence-electron chi connectivity index (χ2n) is 5.58. The van der Waals surface area contributed by atoms with Crippen LogP contribution in [0.15, 0.2) is 30.3 Å². The number of urea groups is 1. The van der Waals surface area contributed by atoms with Crippen LogP contribution >= 0.6 is 0 Å². The Bertz CT molecular complexity index is 490. The zero-order chi connectivity index (χ0) is 16.0. The van der Waals surface area contributed by atoms with E-state index in [0.29, 0.717) is 0 Å². The lowest BCUT2D eigenvalue weighted by Gasteiger charge is -2.32. The zero-order valence-electron chi connectivity index (χ0n) is 12.6. The van der Waals surface area contributed by atoms with Crippen molar-refractivity contribution < 1.29 is 14.7 Å². The number of benzene rings is 1. The summed E-state index contributed by atoms with van der Waals surface area (Å²) >= 11 is 0. The molecule has 3 amide bonds. The van der Waals surface area contributed by atoms with Crippen molar-refractivity contribution in [3.05, 3.63) is 35.9 Å². The van der Waals surface area contributed by atoms with E-state index in [9.17, 15) is 14.7 Å². The predicted molar refractivity (Wildman–Crippen MR) is 80.4 cm³/mol. The predicted octanol–water partition coefficient (Wildman–Crippen LogP) is 0.703. The molecule has 0 aliphatic rings. The lowest BCUT2D eigenvalue weighted by atomic mass is 9.91.